The first-order valence-corrected chi connectivity index (χ1v) is 11.4. The van der Waals surface area contributed by atoms with E-state index >= 15 is 0 Å². The Hall–Kier alpha value is -3.43. The van der Waals surface area contributed by atoms with Crippen molar-refractivity contribution in [2.75, 3.05) is 18.0 Å². The molecule has 1 unspecified atom stereocenters. The lowest BCUT2D eigenvalue weighted by Crippen LogP contribution is -2.26. The van der Waals surface area contributed by atoms with E-state index in [2.05, 4.69) is 49.4 Å². The number of nitrogens with zero attached hydrogens (tertiary/aromatic N) is 7. The molecule has 5 heterocycles. The number of pyridine rings is 2. The number of hydrogen-bond acceptors (Lipinski definition) is 7. The molecule has 5 aromatic rings. The molecule has 0 saturated carbocycles. The molecule has 1 atom stereocenters. The van der Waals surface area contributed by atoms with Crippen LogP contribution in [0.15, 0.2) is 71.1 Å². The number of rotatable bonds is 4. The van der Waals surface area contributed by atoms with Gasteiger partial charge in [0, 0.05) is 54.4 Å². The van der Waals surface area contributed by atoms with Crippen LogP contribution in [0.1, 0.15) is 6.42 Å². The van der Waals surface area contributed by atoms with Gasteiger partial charge >= 0.3 is 0 Å². The number of hydrogen-bond donors (Lipinski definition) is 1. The molecular weight excluding hydrogens is 420 g/mol. The van der Waals surface area contributed by atoms with E-state index in [4.69, 9.17) is 5.73 Å². The van der Waals surface area contributed by atoms with Gasteiger partial charge in [0.15, 0.2) is 10.8 Å². The molecule has 8 nitrogen and oxygen atoms in total. The summed E-state index contributed by atoms with van der Waals surface area (Å²) in [7, 11) is 1.92. The van der Waals surface area contributed by atoms with Gasteiger partial charge in [-0.3, -0.25) is 14.1 Å². The fraction of sp³-hybridized carbons (Fsp3) is 0.217. The average Bonchev–Trinajstić information content (AvgIpc) is 3.53. The van der Waals surface area contributed by atoms with E-state index < -0.39 is 0 Å². The molecule has 160 valence electrons. The minimum absolute atomic E-state index is 0.241. The van der Waals surface area contributed by atoms with Crippen LogP contribution in [0.2, 0.25) is 0 Å². The van der Waals surface area contributed by atoms with Gasteiger partial charge in [-0.25, -0.2) is 0 Å². The Balaban J connectivity index is 1.33. The zero-order valence-electron chi connectivity index (χ0n) is 17.6. The molecule has 32 heavy (non-hydrogen) atoms. The molecule has 2 N–H and O–H groups in total. The van der Waals surface area contributed by atoms with Crippen LogP contribution in [0.5, 0.6) is 0 Å². The zero-order valence-corrected chi connectivity index (χ0v) is 18.4. The summed E-state index contributed by atoms with van der Waals surface area (Å²) in [6.07, 6.45) is 6.94. The molecule has 1 fully saturated rings. The molecule has 6 rings (SSSR count). The molecule has 1 saturated heterocycles. The molecule has 9 heteroatoms. The number of benzene rings is 1. The normalized spacial score (nSPS) is 16.4. The maximum atomic E-state index is 6.08. The van der Waals surface area contributed by atoms with Crippen LogP contribution in [0.3, 0.4) is 0 Å². The van der Waals surface area contributed by atoms with Crippen molar-refractivity contribution < 1.29 is 0 Å². The van der Waals surface area contributed by atoms with E-state index in [0.29, 0.717) is 0 Å². The van der Waals surface area contributed by atoms with Crippen molar-refractivity contribution in [2.24, 2.45) is 12.8 Å². The molecule has 1 aliphatic heterocycles. The highest BCUT2D eigenvalue weighted by atomic mass is 32.2. The van der Waals surface area contributed by atoms with Crippen LogP contribution in [0.25, 0.3) is 27.8 Å². The largest absolute Gasteiger partial charge is 0.369 e. The fourth-order valence-corrected chi connectivity index (χ4v) is 4.98. The van der Waals surface area contributed by atoms with Crippen molar-refractivity contribution in [1.29, 1.82) is 0 Å². The summed E-state index contributed by atoms with van der Waals surface area (Å²) in [6.45, 7) is 1.86. The summed E-state index contributed by atoms with van der Waals surface area (Å²) in [5.74, 6) is 0. The summed E-state index contributed by atoms with van der Waals surface area (Å²) in [6, 6.07) is 14.7. The van der Waals surface area contributed by atoms with Crippen LogP contribution in [-0.2, 0) is 7.05 Å². The number of aryl methyl sites for hydroxylation is 1. The maximum absolute atomic E-state index is 6.08. The van der Waals surface area contributed by atoms with E-state index in [1.807, 2.05) is 48.2 Å². The smallest absolute Gasteiger partial charge is 0.200 e. The standard InChI is InChI=1S/C23H22N8S/c1-29-8-7-21(28-29)15-2-5-22-26-27-23(31(22)13-15)32-19-3-4-20-16(11-19)10-18(12-25-20)30-9-6-17(24)14-30/h2-5,7-8,10-13,17H,6,9,14,24H2,1H3. The Kier molecular flexibility index (Phi) is 4.58. The predicted octanol–water partition coefficient (Wildman–Crippen LogP) is 3.37. The molecule has 1 aliphatic rings. The van der Waals surface area contributed by atoms with Gasteiger partial charge in [0.2, 0.25) is 0 Å². The van der Waals surface area contributed by atoms with Crippen molar-refractivity contribution in [2.45, 2.75) is 22.5 Å². The van der Waals surface area contributed by atoms with Gasteiger partial charge in [0.05, 0.1) is 23.1 Å². The van der Waals surface area contributed by atoms with Crippen LogP contribution >= 0.6 is 11.8 Å². The Morgan fingerprint density at radius 3 is 2.84 bits per heavy atom. The summed E-state index contributed by atoms with van der Waals surface area (Å²) in [5.41, 5.74) is 10.9. The van der Waals surface area contributed by atoms with Gasteiger partial charge in [-0.05, 0) is 60.6 Å². The highest BCUT2D eigenvalue weighted by molar-refractivity contribution is 7.99. The van der Waals surface area contributed by atoms with E-state index in [1.54, 1.807) is 16.4 Å². The fourth-order valence-electron chi connectivity index (χ4n) is 4.12. The molecular formula is C23H22N8S. The van der Waals surface area contributed by atoms with Gasteiger partial charge in [0.1, 0.15) is 0 Å². The molecule has 4 aromatic heterocycles. The Morgan fingerprint density at radius 1 is 1.09 bits per heavy atom. The van der Waals surface area contributed by atoms with Crippen molar-refractivity contribution >= 4 is 34.0 Å². The zero-order chi connectivity index (χ0) is 21.7. The molecule has 0 radical (unpaired) electrons. The number of anilines is 1. The Morgan fingerprint density at radius 2 is 2.03 bits per heavy atom. The third-order valence-corrected chi connectivity index (χ3v) is 6.77. The predicted molar refractivity (Wildman–Crippen MR) is 126 cm³/mol. The highest BCUT2D eigenvalue weighted by Crippen LogP contribution is 2.31. The molecule has 0 bridgehead atoms. The highest BCUT2D eigenvalue weighted by Gasteiger charge is 2.20. The Bertz CT molecular complexity index is 1440. The SMILES string of the molecule is Cn1ccc(-c2ccc3nnc(Sc4ccc5ncc(N6CCC(N)C6)cc5c4)n3c2)n1. The minimum atomic E-state index is 0.241. The van der Waals surface area contributed by atoms with Crippen LogP contribution in [-0.4, -0.2) is 48.5 Å². The lowest BCUT2D eigenvalue weighted by Gasteiger charge is -2.18. The van der Waals surface area contributed by atoms with Crippen LogP contribution in [0, 0.1) is 0 Å². The van der Waals surface area contributed by atoms with Crippen molar-refractivity contribution in [3.05, 3.63) is 61.1 Å². The first-order chi connectivity index (χ1) is 15.6. The van der Waals surface area contributed by atoms with Gasteiger partial charge < -0.3 is 10.6 Å². The Labute approximate surface area is 189 Å². The first-order valence-electron chi connectivity index (χ1n) is 10.6. The quantitative estimate of drug-likeness (QED) is 0.456. The van der Waals surface area contributed by atoms with E-state index in [9.17, 15) is 0 Å². The second-order valence-electron chi connectivity index (χ2n) is 8.15. The second kappa shape index (κ2) is 7.61. The lowest BCUT2D eigenvalue weighted by atomic mass is 10.2. The summed E-state index contributed by atoms with van der Waals surface area (Å²) < 4.78 is 3.81. The van der Waals surface area contributed by atoms with Crippen molar-refractivity contribution in [1.82, 2.24) is 29.4 Å². The lowest BCUT2D eigenvalue weighted by molar-refractivity contribution is 0.752. The number of aromatic nitrogens is 6. The third-order valence-electron chi connectivity index (χ3n) is 5.82. The monoisotopic (exact) mass is 442 g/mol. The third kappa shape index (κ3) is 3.49. The number of nitrogens with two attached hydrogens (primary N) is 1. The van der Waals surface area contributed by atoms with Crippen molar-refractivity contribution in [3.63, 3.8) is 0 Å². The van der Waals surface area contributed by atoms with Crippen LogP contribution < -0.4 is 10.6 Å². The minimum Gasteiger partial charge on any atom is -0.369 e. The summed E-state index contributed by atoms with van der Waals surface area (Å²) in [5, 5.41) is 15.2. The summed E-state index contributed by atoms with van der Waals surface area (Å²) in [4.78, 5) is 8.05. The summed E-state index contributed by atoms with van der Waals surface area (Å²) >= 11 is 1.59. The van der Waals surface area contributed by atoms with E-state index in [0.717, 1.165) is 63.1 Å². The maximum Gasteiger partial charge on any atom is 0.200 e. The molecule has 0 spiro atoms. The average molecular weight is 443 g/mol. The second-order valence-corrected chi connectivity index (χ2v) is 9.19. The van der Waals surface area contributed by atoms with Gasteiger partial charge in [0.25, 0.3) is 0 Å². The first kappa shape index (κ1) is 19.3. The van der Waals surface area contributed by atoms with Gasteiger partial charge in [-0.2, -0.15) is 5.10 Å². The van der Waals surface area contributed by atoms with Gasteiger partial charge in [-0.15, -0.1) is 10.2 Å². The van der Waals surface area contributed by atoms with Gasteiger partial charge in [-0.1, -0.05) is 0 Å². The molecule has 0 amide bonds. The topological polar surface area (TPSA) is 90.2 Å². The van der Waals surface area contributed by atoms with E-state index in [1.165, 1.54) is 0 Å². The number of fused-ring (bicyclic) bond motifs is 2. The molecule has 1 aromatic carbocycles. The molecule has 0 aliphatic carbocycles. The van der Waals surface area contributed by atoms with Crippen molar-refractivity contribution in [3.8, 4) is 11.3 Å². The van der Waals surface area contributed by atoms with Crippen LogP contribution in [0.4, 0.5) is 5.69 Å². The van der Waals surface area contributed by atoms with E-state index in [-0.39, 0.29) is 6.04 Å².